The SMILES string of the molecule is C#COc1ccccc1.CC. The van der Waals surface area contributed by atoms with Crippen molar-refractivity contribution in [1.29, 1.82) is 0 Å². The van der Waals surface area contributed by atoms with Crippen LogP contribution in [0.1, 0.15) is 13.8 Å². The van der Waals surface area contributed by atoms with Crippen LogP contribution in [0.15, 0.2) is 30.3 Å². The summed E-state index contributed by atoms with van der Waals surface area (Å²) >= 11 is 0. The van der Waals surface area contributed by atoms with Gasteiger partial charge in [0.15, 0.2) is 0 Å². The first-order valence-electron chi connectivity index (χ1n) is 3.61. The number of hydrogen-bond acceptors (Lipinski definition) is 1. The summed E-state index contributed by atoms with van der Waals surface area (Å²) in [5.74, 6) is 0.708. The number of hydrogen-bond donors (Lipinski definition) is 0. The van der Waals surface area contributed by atoms with Crippen LogP contribution < -0.4 is 4.74 Å². The predicted octanol–water partition coefficient (Wildman–Crippen LogP) is 2.68. The van der Waals surface area contributed by atoms with Gasteiger partial charge in [0.05, 0.1) is 0 Å². The van der Waals surface area contributed by atoms with Crippen molar-refractivity contribution in [2.75, 3.05) is 0 Å². The summed E-state index contributed by atoms with van der Waals surface area (Å²) in [5, 5.41) is 0. The molecule has 0 aromatic heterocycles. The van der Waals surface area contributed by atoms with E-state index in [0.717, 1.165) is 0 Å². The normalized spacial score (nSPS) is 7.00. The average Bonchev–Trinajstić information content (AvgIpc) is 2.11. The van der Waals surface area contributed by atoms with Crippen molar-refractivity contribution in [3.63, 3.8) is 0 Å². The van der Waals surface area contributed by atoms with Crippen LogP contribution in [0.25, 0.3) is 0 Å². The summed E-state index contributed by atoms with van der Waals surface area (Å²) in [4.78, 5) is 0. The Kier molecular flexibility index (Phi) is 5.83. The second-order valence-corrected chi connectivity index (χ2v) is 1.53. The Balaban J connectivity index is 0.000000461. The lowest BCUT2D eigenvalue weighted by Crippen LogP contribution is -1.78. The first kappa shape index (κ1) is 9.58. The second kappa shape index (κ2) is 6.70. The molecule has 0 aliphatic carbocycles. The molecule has 1 aromatic rings. The molecule has 1 rings (SSSR count). The van der Waals surface area contributed by atoms with Crippen molar-refractivity contribution < 1.29 is 4.74 Å². The number of terminal acetylenes is 1. The summed E-state index contributed by atoms with van der Waals surface area (Å²) in [5.41, 5.74) is 0. The summed E-state index contributed by atoms with van der Waals surface area (Å²) in [6.45, 7) is 4.00. The van der Waals surface area contributed by atoms with Gasteiger partial charge in [-0.25, -0.2) is 0 Å². The summed E-state index contributed by atoms with van der Waals surface area (Å²) in [6.07, 6.45) is 6.97. The van der Waals surface area contributed by atoms with Crippen molar-refractivity contribution in [2.45, 2.75) is 13.8 Å². The fraction of sp³-hybridized carbons (Fsp3) is 0.200. The number of rotatable bonds is 1. The molecule has 11 heavy (non-hydrogen) atoms. The Hall–Kier alpha value is -1.42. The molecule has 0 saturated heterocycles. The van der Waals surface area contributed by atoms with E-state index >= 15 is 0 Å². The van der Waals surface area contributed by atoms with Gasteiger partial charge >= 0.3 is 0 Å². The van der Waals surface area contributed by atoms with Crippen LogP contribution >= 0.6 is 0 Å². The zero-order valence-corrected chi connectivity index (χ0v) is 6.87. The van der Waals surface area contributed by atoms with Gasteiger partial charge in [-0.3, -0.25) is 0 Å². The Labute approximate surface area is 68.0 Å². The van der Waals surface area contributed by atoms with Crippen LogP contribution in [0.5, 0.6) is 5.75 Å². The molecule has 1 aromatic carbocycles. The van der Waals surface area contributed by atoms with Crippen LogP contribution in [0, 0.1) is 12.5 Å². The third kappa shape index (κ3) is 4.05. The molecule has 0 bridgehead atoms. The fourth-order valence-corrected chi connectivity index (χ4v) is 0.557. The number of benzene rings is 1. The molecule has 0 aliphatic rings. The fourth-order valence-electron chi connectivity index (χ4n) is 0.557. The van der Waals surface area contributed by atoms with Crippen molar-refractivity contribution in [2.24, 2.45) is 0 Å². The van der Waals surface area contributed by atoms with Gasteiger partial charge in [-0.1, -0.05) is 38.5 Å². The molecular weight excluding hydrogens is 136 g/mol. The first-order valence-corrected chi connectivity index (χ1v) is 3.61. The highest BCUT2D eigenvalue weighted by Crippen LogP contribution is 2.06. The zero-order chi connectivity index (χ0) is 8.53. The predicted molar refractivity (Wildman–Crippen MR) is 47.3 cm³/mol. The van der Waals surface area contributed by atoms with Gasteiger partial charge in [0.25, 0.3) is 0 Å². The quantitative estimate of drug-likeness (QED) is 0.556. The second-order valence-electron chi connectivity index (χ2n) is 1.53. The molecule has 1 heteroatoms. The van der Waals surface area contributed by atoms with E-state index in [-0.39, 0.29) is 0 Å². The Morgan fingerprint density at radius 1 is 1.18 bits per heavy atom. The molecule has 0 saturated carbocycles. The smallest absolute Gasteiger partial charge is 0.140 e. The number of para-hydroxylation sites is 1. The minimum Gasteiger partial charge on any atom is -0.408 e. The van der Waals surface area contributed by atoms with E-state index in [4.69, 9.17) is 11.2 Å². The largest absolute Gasteiger partial charge is 0.408 e. The van der Waals surface area contributed by atoms with Gasteiger partial charge in [-0.15, -0.1) is 0 Å². The van der Waals surface area contributed by atoms with E-state index in [0.29, 0.717) is 5.75 Å². The minimum atomic E-state index is 0.708. The van der Waals surface area contributed by atoms with E-state index in [2.05, 4.69) is 6.11 Å². The third-order valence-electron chi connectivity index (χ3n) is 0.920. The Bertz CT molecular complexity index is 208. The summed E-state index contributed by atoms with van der Waals surface area (Å²) < 4.78 is 4.73. The minimum absolute atomic E-state index is 0.708. The highest BCUT2D eigenvalue weighted by Gasteiger charge is 1.83. The molecule has 1 nitrogen and oxygen atoms in total. The lowest BCUT2D eigenvalue weighted by molar-refractivity contribution is 0.521. The molecule has 0 radical (unpaired) electrons. The van der Waals surface area contributed by atoms with Gasteiger partial charge in [0.1, 0.15) is 11.9 Å². The van der Waals surface area contributed by atoms with Gasteiger partial charge in [-0.05, 0) is 12.1 Å². The van der Waals surface area contributed by atoms with Crippen molar-refractivity contribution in [3.05, 3.63) is 30.3 Å². The van der Waals surface area contributed by atoms with Crippen LogP contribution in [0.2, 0.25) is 0 Å². The standard InChI is InChI=1S/C8H6O.C2H6/c1-2-9-8-6-4-3-5-7-8;1-2/h1,3-7H;1-2H3. The molecule has 0 fully saturated rings. The zero-order valence-electron chi connectivity index (χ0n) is 6.87. The number of ether oxygens (including phenoxy) is 1. The van der Waals surface area contributed by atoms with Crippen LogP contribution in [0.3, 0.4) is 0 Å². The molecule has 0 N–H and O–H groups in total. The highest BCUT2D eigenvalue weighted by atomic mass is 16.5. The van der Waals surface area contributed by atoms with Gasteiger partial charge in [0, 0.05) is 0 Å². The molecular formula is C10H12O. The van der Waals surface area contributed by atoms with E-state index in [1.54, 1.807) is 12.1 Å². The molecule has 0 unspecified atom stereocenters. The lowest BCUT2D eigenvalue weighted by atomic mass is 10.3. The molecule has 0 heterocycles. The maximum absolute atomic E-state index is 4.89. The van der Waals surface area contributed by atoms with E-state index in [1.807, 2.05) is 32.0 Å². The average molecular weight is 148 g/mol. The Morgan fingerprint density at radius 3 is 2.18 bits per heavy atom. The summed E-state index contributed by atoms with van der Waals surface area (Å²) in [6, 6.07) is 9.25. The van der Waals surface area contributed by atoms with Crippen LogP contribution in [-0.4, -0.2) is 0 Å². The van der Waals surface area contributed by atoms with Gasteiger partial charge in [-0.2, -0.15) is 0 Å². The maximum Gasteiger partial charge on any atom is 0.140 e. The van der Waals surface area contributed by atoms with Gasteiger partial charge in [0.2, 0.25) is 0 Å². The molecule has 58 valence electrons. The lowest BCUT2D eigenvalue weighted by Gasteiger charge is -1.91. The van der Waals surface area contributed by atoms with Crippen molar-refractivity contribution >= 4 is 0 Å². The molecule has 0 amide bonds. The highest BCUT2D eigenvalue weighted by molar-refractivity contribution is 5.22. The summed E-state index contributed by atoms with van der Waals surface area (Å²) in [7, 11) is 0. The Morgan fingerprint density at radius 2 is 1.73 bits per heavy atom. The van der Waals surface area contributed by atoms with E-state index in [9.17, 15) is 0 Å². The van der Waals surface area contributed by atoms with Crippen molar-refractivity contribution in [3.8, 4) is 18.3 Å². The van der Waals surface area contributed by atoms with Crippen LogP contribution in [0.4, 0.5) is 0 Å². The molecule has 0 aliphatic heterocycles. The van der Waals surface area contributed by atoms with E-state index < -0.39 is 0 Å². The van der Waals surface area contributed by atoms with Gasteiger partial charge < -0.3 is 4.74 Å². The molecule has 0 atom stereocenters. The first-order chi connectivity index (χ1) is 5.43. The van der Waals surface area contributed by atoms with Crippen LogP contribution in [-0.2, 0) is 0 Å². The van der Waals surface area contributed by atoms with Crippen molar-refractivity contribution in [1.82, 2.24) is 0 Å². The maximum atomic E-state index is 4.89. The van der Waals surface area contributed by atoms with E-state index in [1.165, 1.54) is 0 Å². The monoisotopic (exact) mass is 148 g/mol. The third-order valence-corrected chi connectivity index (χ3v) is 0.920. The molecule has 0 spiro atoms. The topological polar surface area (TPSA) is 9.23 Å².